The van der Waals surface area contributed by atoms with Crippen LogP contribution >= 0.6 is 0 Å². The molecule has 0 aromatic rings. The van der Waals surface area contributed by atoms with Crippen LogP contribution in [0.1, 0.15) is 39.0 Å². The number of nitrogens with two attached hydrogens (primary N) is 1. The first-order chi connectivity index (χ1) is 8.58. The SMILES string of the molecule is CC1CN(C(=O)CC2CCCCC2N)CCN1C. The van der Waals surface area contributed by atoms with Gasteiger partial charge in [-0.15, -0.1) is 0 Å². The molecule has 104 valence electrons. The number of carbonyl (C=O) groups excluding carboxylic acids is 1. The number of hydrogen-bond donors (Lipinski definition) is 1. The van der Waals surface area contributed by atoms with Gasteiger partial charge in [0.1, 0.15) is 0 Å². The highest BCUT2D eigenvalue weighted by Crippen LogP contribution is 2.26. The van der Waals surface area contributed by atoms with Crippen LogP contribution in [-0.2, 0) is 4.79 Å². The fraction of sp³-hybridized carbons (Fsp3) is 0.929. The van der Waals surface area contributed by atoms with Crippen LogP contribution in [0.4, 0.5) is 0 Å². The van der Waals surface area contributed by atoms with E-state index in [2.05, 4.69) is 18.9 Å². The number of rotatable bonds is 2. The van der Waals surface area contributed by atoms with E-state index >= 15 is 0 Å². The monoisotopic (exact) mass is 253 g/mol. The van der Waals surface area contributed by atoms with Crippen molar-refractivity contribution >= 4 is 5.91 Å². The van der Waals surface area contributed by atoms with Crippen molar-refractivity contribution < 1.29 is 4.79 Å². The third kappa shape index (κ3) is 3.23. The van der Waals surface area contributed by atoms with Gasteiger partial charge in [0.05, 0.1) is 0 Å². The van der Waals surface area contributed by atoms with Crippen LogP contribution in [0, 0.1) is 5.92 Å². The van der Waals surface area contributed by atoms with Crippen LogP contribution in [0.2, 0.25) is 0 Å². The Kier molecular flexibility index (Phi) is 4.62. The third-order valence-electron chi connectivity index (χ3n) is 4.72. The van der Waals surface area contributed by atoms with Crippen molar-refractivity contribution in [2.24, 2.45) is 11.7 Å². The molecule has 0 aromatic heterocycles. The smallest absolute Gasteiger partial charge is 0.223 e. The minimum atomic E-state index is 0.243. The molecule has 2 fully saturated rings. The maximum Gasteiger partial charge on any atom is 0.223 e. The molecule has 1 aliphatic heterocycles. The molecular weight excluding hydrogens is 226 g/mol. The average molecular weight is 253 g/mol. The molecule has 0 bridgehead atoms. The minimum Gasteiger partial charge on any atom is -0.340 e. The van der Waals surface area contributed by atoms with E-state index in [0.717, 1.165) is 32.5 Å². The second kappa shape index (κ2) is 6.02. The summed E-state index contributed by atoms with van der Waals surface area (Å²) in [6.45, 7) is 4.92. The second-order valence-electron chi connectivity index (χ2n) is 6.08. The van der Waals surface area contributed by atoms with Crippen LogP contribution in [0.15, 0.2) is 0 Å². The Morgan fingerprint density at radius 3 is 2.67 bits per heavy atom. The van der Waals surface area contributed by atoms with Gasteiger partial charge in [-0.3, -0.25) is 4.79 Å². The second-order valence-corrected chi connectivity index (χ2v) is 6.08. The maximum atomic E-state index is 12.3. The van der Waals surface area contributed by atoms with Gasteiger partial charge in [-0.1, -0.05) is 12.8 Å². The molecule has 1 saturated heterocycles. The summed E-state index contributed by atoms with van der Waals surface area (Å²) >= 11 is 0. The zero-order valence-electron chi connectivity index (χ0n) is 11.8. The lowest BCUT2D eigenvalue weighted by atomic mass is 9.82. The predicted octanol–water partition coefficient (Wildman–Crippen LogP) is 1.06. The topological polar surface area (TPSA) is 49.6 Å². The number of carbonyl (C=O) groups is 1. The Hall–Kier alpha value is -0.610. The quantitative estimate of drug-likeness (QED) is 0.800. The van der Waals surface area contributed by atoms with Gasteiger partial charge in [0.15, 0.2) is 0 Å². The molecule has 1 amide bonds. The first-order valence-electron chi connectivity index (χ1n) is 7.31. The summed E-state index contributed by atoms with van der Waals surface area (Å²) in [5, 5.41) is 0. The molecule has 0 radical (unpaired) electrons. The molecule has 3 unspecified atom stereocenters. The molecule has 4 nitrogen and oxygen atoms in total. The lowest BCUT2D eigenvalue weighted by Gasteiger charge is -2.39. The molecular formula is C14H27N3O. The van der Waals surface area contributed by atoms with Gasteiger partial charge in [-0.05, 0) is 32.7 Å². The Labute approximate surface area is 110 Å². The summed E-state index contributed by atoms with van der Waals surface area (Å²) in [6.07, 6.45) is 5.37. The Bertz CT molecular complexity index is 295. The average Bonchev–Trinajstić information content (AvgIpc) is 2.35. The summed E-state index contributed by atoms with van der Waals surface area (Å²) < 4.78 is 0. The number of piperazine rings is 1. The van der Waals surface area contributed by atoms with Crippen molar-refractivity contribution in [2.45, 2.75) is 51.1 Å². The van der Waals surface area contributed by atoms with Gasteiger partial charge >= 0.3 is 0 Å². The number of hydrogen-bond acceptors (Lipinski definition) is 3. The summed E-state index contributed by atoms with van der Waals surface area (Å²) in [5.74, 6) is 0.735. The summed E-state index contributed by atoms with van der Waals surface area (Å²) in [5.41, 5.74) is 6.13. The van der Waals surface area contributed by atoms with Gasteiger partial charge in [0, 0.05) is 38.1 Å². The van der Waals surface area contributed by atoms with Crippen LogP contribution in [-0.4, -0.2) is 54.5 Å². The molecule has 2 N–H and O–H groups in total. The zero-order valence-corrected chi connectivity index (χ0v) is 11.8. The van der Waals surface area contributed by atoms with Crippen LogP contribution < -0.4 is 5.73 Å². The largest absolute Gasteiger partial charge is 0.340 e. The van der Waals surface area contributed by atoms with Crippen molar-refractivity contribution in [1.82, 2.24) is 9.80 Å². The van der Waals surface area contributed by atoms with Crippen molar-refractivity contribution in [3.05, 3.63) is 0 Å². The molecule has 1 aliphatic carbocycles. The van der Waals surface area contributed by atoms with E-state index in [1.807, 2.05) is 4.90 Å². The molecule has 1 saturated carbocycles. The van der Waals surface area contributed by atoms with E-state index in [-0.39, 0.29) is 6.04 Å². The lowest BCUT2D eigenvalue weighted by molar-refractivity contribution is -0.135. The highest BCUT2D eigenvalue weighted by atomic mass is 16.2. The van der Waals surface area contributed by atoms with Crippen molar-refractivity contribution in [1.29, 1.82) is 0 Å². The zero-order chi connectivity index (χ0) is 13.1. The molecule has 3 atom stereocenters. The fourth-order valence-electron chi connectivity index (χ4n) is 3.12. The van der Waals surface area contributed by atoms with E-state index in [9.17, 15) is 4.79 Å². The summed E-state index contributed by atoms with van der Waals surface area (Å²) in [4.78, 5) is 16.7. The van der Waals surface area contributed by atoms with Crippen molar-refractivity contribution in [2.75, 3.05) is 26.7 Å². The molecule has 4 heteroatoms. The summed E-state index contributed by atoms with van der Waals surface area (Å²) in [7, 11) is 2.13. The van der Waals surface area contributed by atoms with Crippen molar-refractivity contribution in [3.63, 3.8) is 0 Å². The number of nitrogens with zero attached hydrogens (tertiary/aromatic N) is 2. The van der Waals surface area contributed by atoms with Gasteiger partial charge in [-0.25, -0.2) is 0 Å². The van der Waals surface area contributed by atoms with Crippen LogP contribution in [0.3, 0.4) is 0 Å². The van der Waals surface area contributed by atoms with Gasteiger partial charge < -0.3 is 15.5 Å². The normalized spacial score (nSPS) is 34.6. The van der Waals surface area contributed by atoms with Crippen molar-refractivity contribution in [3.8, 4) is 0 Å². The minimum absolute atomic E-state index is 0.243. The maximum absolute atomic E-state index is 12.3. The van der Waals surface area contributed by atoms with E-state index < -0.39 is 0 Å². The van der Waals surface area contributed by atoms with Crippen LogP contribution in [0.5, 0.6) is 0 Å². The fourth-order valence-corrected chi connectivity index (χ4v) is 3.12. The third-order valence-corrected chi connectivity index (χ3v) is 4.72. The molecule has 2 aliphatic rings. The number of amides is 1. The van der Waals surface area contributed by atoms with Gasteiger partial charge in [-0.2, -0.15) is 0 Å². The first kappa shape index (κ1) is 13.8. The lowest BCUT2D eigenvalue weighted by Crippen LogP contribution is -2.52. The number of likely N-dealkylation sites (N-methyl/N-ethyl adjacent to an activating group) is 1. The summed E-state index contributed by atoms with van der Waals surface area (Å²) in [6, 6.07) is 0.718. The Morgan fingerprint density at radius 1 is 1.28 bits per heavy atom. The van der Waals surface area contributed by atoms with Gasteiger partial charge in [0.2, 0.25) is 5.91 Å². The Balaban J connectivity index is 1.84. The molecule has 2 rings (SSSR count). The van der Waals surface area contributed by atoms with E-state index in [4.69, 9.17) is 5.73 Å². The standard InChI is InChI=1S/C14H27N3O/c1-11-10-17(8-7-16(11)2)14(18)9-12-5-3-4-6-13(12)15/h11-13H,3-10,15H2,1-2H3. The highest BCUT2D eigenvalue weighted by molar-refractivity contribution is 5.76. The molecule has 1 heterocycles. The van der Waals surface area contributed by atoms with E-state index in [0.29, 0.717) is 24.3 Å². The van der Waals surface area contributed by atoms with E-state index in [1.54, 1.807) is 0 Å². The molecule has 18 heavy (non-hydrogen) atoms. The molecule has 0 spiro atoms. The van der Waals surface area contributed by atoms with E-state index in [1.165, 1.54) is 12.8 Å². The predicted molar refractivity (Wildman–Crippen MR) is 73.2 cm³/mol. The molecule has 0 aromatic carbocycles. The van der Waals surface area contributed by atoms with Crippen LogP contribution in [0.25, 0.3) is 0 Å². The van der Waals surface area contributed by atoms with Gasteiger partial charge in [0.25, 0.3) is 0 Å². The first-order valence-corrected chi connectivity index (χ1v) is 7.31. The Morgan fingerprint density at radius 2 is 2.00 bits per heavy atom. The highest BCUT2D eigenvalue weighted by Gasteiger charge is 2.29.